The van der Waals surface area contributed by atoms with Crippen molar-refractivity contribution in [3.05, 3.63) is 24.3 Å². The number of hydrogen-bond donors (Lipinski definition) is 2. The highest BCUT2D eigenvalue weighted by Gasteiger charge is 2.18. The third-order valence-electron chi connectivity index (χ3n) is 2.67. The zero-order valence-electron chi connectivity index (χ0n) is 11.4. The van der Waals surface area contributed by atoms with Crippen LogP contribution in [0.2, 0.25) is 0 Å². The molecule has 2 N–H and O–H groups in total. The van der Waals surface area contributed by atoms with Gasteiger partial charge in [-0.3, -0.25) is 9.59 Å². The highest BCUT2D eigenvalue weighted by Crippen LogP contribution is 2.25. The summed E-state index contributed by atoms with van der Waals surface area (Å²) in [5.74, 6) is -0.900. The van der Waals surface area contributed by atoms with Crippen molar-refractivity contribution in [3.8, 4) is 0 Å². The van der Waals surface area contributed by atoms with Crippen LogP contribution in [0, 0.1) is 5.41 Å². The van der Waals surface area contributed by atoms with E-state index in [9.17, 15) is 9.59 Å². The second-order valence-electron chi connectivity index (χ2n) is 4.98. The van der Waals surface area contributed by atoms with Crippen LogP contribution >= 0.6 is 0 Å². The SMILES string of the molecule is CC=CC=CC(=O)NCCC(C)(C)CCC(=O)O. The third-order valence-corrected chi connectivity index (χ3v) is 2.67. The predicted octanol–water partition coefficient (Wildman–Crippen LogP) is 2.52. The molecule has 0 aromatic heterocycles. The van der Waals surface area contributed by atoms with Crippen molar-refractivity contribution in [3.63, 3.8) is 0 Å². The van der Waals surface area contributed by atoms with Crippen molar-refractivity contribution < 1.29 is 14.7 Å². The average Bonchev–Trinajstić information content (AvgIpc) is 2.27. The van der Waals surface area contributed by atoms with Gasteiger partial charge in [0.05, 0.1) is 0 Å². The highest BCUT2D eigenvalue weighted by molar-refractivity contribution is 5.87. The fourth-order valence-corrected chi connectivity index (χ4v) is 1.41. The van der Waals surface area contributed by atoms with E-state index in [2.05, 4.69) is 5.32 Å². The highest BCUT2D eigenvalue weighted by atomic mass is 16.4. The van der Waals surface area contributed by atoms with Gasteiger partial charge in [-0.2, -0.15) is 0 Å². The van der Waals surface area contributed by atoms with E-state index < -0.39 is 5.97 Å². The maximum atomic E-state index is 11.3. The van der Waals surface area contributed by atoms with Gasteiger partial charge in [-0.25, -0.2) is 0 Å². The Morgan fingerprint density at radius 2 is 1.89 bits per heavy atom. The van der Waals surface area contributed by atoms with E-state index in [-0.39, 0.29) is 17.7 Å². The van der Waals surface area contributed by atoms with Gasteiger partial charge in [0, 0.05) is 19.0 Å². The summed E-state index contributed by atoms with van der Waals surface area (Å²) in [6, 6.07) is 0. The largest absolute Gasteiger partial charge is 0.481 e. The number of carbonyl (C=O) groups is 2. The smallest absolute Gasteiger partial charge is 0.303 e. The molecule has 0 aliphatic carbocycles. The van der Waals surface area contributed by atoms with E-state index in [0.29, 0.717) is 13.0 Å². The normalized spacial score (nSPS) is 12.2. The molecular formula is C14H23NO3. The van der Waals surface area contributed by atoms with Crippen molar-refractivity contribution in [1.82, 2.24) is 5.32 Å². The Morgan fingerprint density at radius 1 is 1.22 bits per heavy atom. The number of allylic oxidation sites excluding steroid dienone is 3. The first kappa shape index (κ1) is 16.4. The van der Waals surface area contributed by atoms with E-state index in [1.807, 2.05) is 26.8 Å². The Hall–Kier alpha value is -1.58. The minimum atomic E-state index is -0.776. The van der Waals surface area contributed by atoms with Gasteiger partial charge in [-0.05, 0) is 25.2 Å². The molecule has 0 bridgehead atoms. The van der Waals surface area contributed by atoms with E-state index in [1.54, 1.807) is 12.2 Å². The van der Waals surface area contributed by atoms with Crippen LogP contribution in [0.15, 0.2) is 24.3 Å². The summed E-state index contributed by atoms with van der Waals surface area (Å²) in [6.45, 7) is 6.47. The maximum absolute atomic E-state index is 11.3. The topological polar surface area (TPSA) is 66.4 Å². The van der Waals surface area contributed by atoms with Crippen molar-refractivity contribution in [2.45, 2.75) is 40.0 Å². The van der Waals surface area contributed by atoms with Gasteiger partial charge < -0.3 is 10.4 Å². The molecule has 18 heavy (non-hydrogen) atoms. The summed E-state index contributed by atoms with van der Waals surface area (Å²) in [6.07, 6.45) is 8.35. The Bertz CT molecular complexity index is 330. The molecule has 0 saturated heterocycles. The van der Waals surface area contributed by atoms with Crippen molar-refractivity contribution in [1.29, 1.82) is 0 Å². The monoisotopic (exact) mass is 253 g/mol. The van der Waals surface area contributed by atoms with Crippen LogP contribution < -0.4 is 5.32 Å². The molecule has 0 aromatic carbocycles. The van der Waals surface area contributed by atoms with Crippen molar-refractivity contribution >= 4 is 11.9 Å². The van der Waals surface area contributed by atoms with Gasteiger partial charge in [0.15, 0.2) is 0 Å². The zero-order valence-corrected chi connectivity index (χ0v) is 11.4. The third kappa shape index (κ3) is 9.63. The van der Waals surface area contributed by atoms with Gasteiger partial charge >= 0.3 is 5.97 Å². The molecule has 0 spiro atoms. The van der Waals surface area contributed by atoms with Crippen LogP contribution in [0.3, 0.4) is 0 Å². The molecule has 0 atom stereocenters. The summed E-state index contributed by atoms with van der Waals surface area (Å²) in [7, 11) is 0. The Balaban J connectivity index is 3.88. The lowest BCUT2D eigenvalue weighted by Gasteiger charge is -2.23. The first-order valence-electron chi connectivity index (χ1n) is 6.16. The van der Waals surface area contributed by atoms with E-state index in [4.69, 9.17) is 5.11 Å². The summed E-state index contributed by atoms with van der Waals surface area (Å²) < 4.78 is 0. The number of hydrogen-bond acceptors (Lipinski definition) is 2. The van der Waals surface area contributed by atoms with Crippen molar-refractivity contribution in [2.75, 3.05) is 6.54 Å². The van der Waals surface area contributed by atoms with E-state index in [1.165, 1.54) is 6.08 Å². The lowest BCUT2D eigenvalue weighted by Crippen LogP contribution is -2.27. The molecule has 4 nitrogen and oxygen atoms in total. The predicted molar refractivity (Wildman–Crippen MR) is 72.2 cm³/mol. The summed E-state index contributed by atoms with van der Waals surface area (Å²) >= 11 is 0. The lowest BCUT2D eigenvalue weighted by atomic mass is 9.84. The van der Waals surface area contributed by atoms with E-state index in [0.717, 1.165) is 6.42 Å². The van der Waals surface area contributed by atoms with Crippen LogP contribution in [0.4, 0.5) is 0 Å². The first-order valence-corrected chi connectivity index (χ1v) is 6.16. The number of carbonyl (C=O) groups excluding carboxylic acids is 1. The molecule has 0 radical (unpaired) electrons. The quantitative estimate of drug-likeness (QED) is 0.516. The molecule has 0 heterocycles. The average molecular weight is 253 g/mol. The molecule has 0 rings (SSSR count). The van der Waals surface area contributed by atoms with Gasteiger partial charge in [-0.15, -0.1) is 0 Å². The van der Waals surface area contributed by atoms with Crippen LogP contribution in [-0.2, 0) is 9.59 Å². The van der Waals surface area contributed by atoms with Gasteiger partial charge in [0.1, 0.15) is 0 Å². The van der Waals surface area contributed by atoms with Crippen LogP contribution in [0.1, 0.15) is 40.0 Å². The van der Waals surface area contributed by atoms with Gasteiger partial charge in [0.25, 0.3) is 0 Å². The number of nitrogens with one attached hydrogen (secondary N) is 1. The molecule has 0 saturated carbocycles. The fourth-order valence-electron chi connectivity index (χ4n) is 1.41. The number of carboxylic acid groups (broad SMARTS) is 1. The second-order valence-corrected chi connectivity index (χ2v) is 4.98. The summed E-state index contributed by atoms with van der Waals surface area (Å²) in [5, 5.41) is 11.4. The Labute approximate surface area is 109 Å². The number of amides is 1. The van der Waals surface area contributed by atoms with Gasteiger partial charge in [0.2, 0.25) is 5.91 Å². The molecular weight excluding hydrogens is 230 g/mol. The zero-order chi connectivity index (χ0) is 14.0. The second kappa shape index (κ2) is 8.50. The lowest BCUT2D eigenvalue weighted by molar-refractivity contribution is -0.137. The number of carboxylic acids is 1. The maximum Gasteiger partial charge on any atom is 0.303 e. The number of aliphatic carboxylic acids is 1. The molecule has 0 fully saturated rings. The van der Waals surface area contributed by atoms with Crippen LogP contribution in [-0.4, -0.2) is 23.5 Å². The molecule has 1 amide bonds. The van der Waals surface area contributed by atoms with Crippen LogP contribution in [0.5, 0.6) is 0 Å². The Morgan fingerprint density at radius 3 is 2.44 bits per heavy atom. The fraction of sp³-hybridized carbons (Fsp3) is 0.571. The minimum Gasteiger partial charge on any atom is -0.481 e. The minimum absolute atomic E-state index is 0.0707. The van der Waals surface area contributed by atoms with E-state index >= 15 is 0 Å². The molecule has 0 aliphatic rings. The molecule has 4 heteroatoms. The van der Waals surface area contributed by atoms with Crippen molar-refractivity contribution in [2.24, 2.45) is 5.41 Å². The Kier molecular flexibility index (Phi) is 7.76. The van der Waals surface area contributed by atoms with Crippen LogP contribution in [0.25, 0.3) is 0 Å². The molecule has 0 aromatic rings. The standard InChI is InChI=1S/C14H23NO3/c1-4-5-6-7-12(16)15-11-10-14(2,3)9-8-13(17)18/h4-7H,8-11H2,1-3H3,(H,15,16)(H,17,18). The molecule has 0 aliphatic heterocycles. The molecule has 0 unspecified atom stereocenters. The number of rotatable bonds is 8. The summed E-state index contributed by atoms with van der Waals surface area (Å²) in [4.78, 5) is 21.8. The van der Waals surface area contributed by atoms with Gasteiger partial charge in [-0.1, -0.05) is 32.1 Å². The summed E-state index contributed by atoms with van der Waals surface area (Å²) in [5.41, 5.74) is -0.0707. The first-order chi connectivity index (χ1) is 8.37. The molecule has 102 valence electrons.